The van der Waals surface area contributed by atoms with Gasteiger partial charge in [-0.3, -0.25) is 9.48 Å². The topological polar surface area (TPSA) is 47.4 Å². The summed E-state index contributed by atoms with van der Waals surface area (Å²) in [5.41, 5.74) is 2.10. The van der Waals surface area contributed by atoms with E-state index in [4.69, 9.17) is 4.74 Å². The molecule has 1 aromatic heterocycles. The third-order valence-corrected chi connectivity index (χ3v) is 3.24. The number of ether oxygens (including phenoxy) is 1. The number of hydrogen-bond acceptors (Lipinski definition) is 3. The molecule has 0 saturated heterocycles. The highest BCUT2D eigenvalue weighted by Crippen LogP contribution is 2.11. The first-order valence-corrected chi connectivity index (χ1v) is 7.16. The fourth-order valence-corrected chi connectivity index (χ4v) is 1.87. The number of amides is 1. The van der Waals surface area contributed by atoms with E-state index in [1.807, 2.05) is 44.4 Å². The minimum absolute atomic E-state index is 0.0589. The van der Waals surface area contributed by atoms with E-state index in [1.165, 1.54) is 5.56 Å². The molecule has 0 aliphatic rings. The van der Waals surface area contributed by atoms with Gasteiger partial charge in [0.15, 0.2) is 0 Å². The number of likely N-dealkylation sites (N-methyl/N-ethyl adjacent to an activating group) is 1. The van der Waals surface area contributed by atoms with Crippen LogP contribution < -0.4 is 4.74 Å². The number of hydrogen-bond donors (Lipinski definition) is 0. The monoisotopic (exact) mass is 299 g/mol. The zero-order valence-corrected chi connectivity index (χ0v) is 13.2. The van der Waals surface area contributed by atoms with Crippen LogP contribution in [-0.2, 0) is 11.8 Å². The molecule has 0 aliphatic carbocycles. The Bertz CT molecular complexity index is 644. The standard InChI is InChI=1S/C17H21N3O2/c1-14-4-7-16(8-5-14)22-11-10-19(2)17(21)9-6-15-12-18-20(3)13-15/h4-9,12-13H,10-11H2,1-3H3. The Morgan fingerprint density at radius 3 is 2.73 bits per heavy atom. The Kier molecular flexibility index (Phi) is 5.36. The zero-order valence-electron chi connectivity index (χ0n) is 13.2. The van der Waals surface area contributed by atoms with Gasteiger partial charge >= 0.3 is 0 Å². The van der Waals surface area contributed by atoms with Gasteiger partial charge in [0.25, 0.3) is 0 Å². The first-order valence-electron chi connectivity index (χ1n) is 7.16. The van der Waals surface area contributed by atoms with Crippen LogP contribution in [0.15, 0.2) is 42.7 Å². The van der Waals surface area contributed by atoms with Crippen LogP contribution in [0, 0.1) is 6.92 Å². The Morgan fingerprint density at radius 2 is 2.09 bits per heavy atom. The molecule has 5 heteroatoms. The molecule has 0 radical (unpaired) electrons. The molecule has 0 N–H and O–H groups in total. The van der Waals surface area contributed by atoms with Gasteiger partial charge in [-0.1, -0.05) is 17.7 Å². The van der Waals surface area contributed by atoms with Gasteiger partial charge in [0, 0.05) is 31.9 Å². The van der Waals surface area contributed by atoms with Crippen molar-refractivity contribution in [3.05, 3.63) is 53.9 Å². The van der Waals surface area contributed by atoms with Gasteiger partial charge in [0.1, 0.15) is 12.4 Å². The molecular weight excluding hydrogens is 278 g/mol. The van der Waals surface area contributed by atoms with E-state index < -0.39 is 0 Å². The number of carbonyl (C=O) groups excluding carboxylic acids is 1. The fraction of sp³-hybridized carbons (Fsp3) is 0.294. The fourth-order valence-electron chi connectivity index (χ4n) is 1.87. The van der Waals surface area contributed by atoms with Crippen molar-refractivity contribution >= 4 is 12.0 Å². The van der Waals surface area contributed by atoms with E-state index in [1.54, 1.807) is 35.0 Å². The Hall–Kier alpha value is -2.56. The number of rotatable bonds is 6. The molecule has 1 aromatic carbocycles. The maximum absolute atomic E-state index is 12.0. The molecule has 2 aromatic rings. The summed E-state index contributed by atoms with van der Waals surface area (Å²) in [6.45, 7) is 3.03. The largest absolute Gasteiger partial charge is 0.492 e. The first kappa shape index (κ1) is 15.8. The van der Waals surface area contributed by atoms with Crippen molar-refractivity contribution in [1.82, 2.24) is 14.7 Å². The third kappa shape index (κ3) is 4.77. The molecular formula is C17H21N3O2. The summed E-state index contributed by atoms with van der Waals surface area (Å²) in [6, 6.07) is 7.86. The van der Waals surface area contributed by atoms with E-state index in [0.29, 0.717) is 13.2 Å². The normalized spacial score (nSPS) is 10.9. The second-order valence-corrected chi connectivity index (χ2v) is 5.20. The highest BCUT2D eigenvalue weighted by molar-refractivity contribution is 5.91. The van der Waals surface area contributed by atoms with Crippen molar-refractivity contribution in [1.29, 1.82) is 0 Å². The van der Waals surface area contributed by atoms with E-state index in [-0.39, 0.29) is 5.91 Å². The van der Waals surface area contributed by atoms with Gasteiger partial charge in [0.2, 0.25) is 5.91 Å². The van der Waals surface area contributed by atoms with Crippen molar-refractivity contribution in [2.24, 2.45) is 7.05 Å². The zero-order chi connectivity index (χ0) is 15.9. The van der Waals surface area contributed by atoms with Gasteiger partial charge in [-0.2, -0.15) is 5.10 Å². The molecule has 5 nitrogen and oxygen atoms in total. The molecule has 22 heavy (non-hydrogen) atoms. The minimum atomic E-state index is -0.0589. The summed E-state index contributed by atoms with van der Waals surface area (Å²) in [6.07, 6.45) is 6.87. The van der Waals surface area contributed by atoms with Crippen LogP contribution >= 0.6 is 0 Å². The Labute approximate surface area is 130 Å². The smallest absolute Gasteiger partial charge is 0.246 e. The van der Waals surface area contributed by atoms with Gasteiger partial charge in [-0.25, -0.2) is 0 Å². The predicted molar refractivity (Wildman–Crippen MR) is 86.6 cm³/mol. The molecule has 116 valence electrons. The quantitative estimate of drug-likeness (QED) is 0.769. The van der Waals surface area contributed by atoms with Crippen LogP contribution in [0.3, 0.4) is 0 Å². The van der Waals surface area contributed by atoms with Crippen LogP contribution in [0.25, 0.3) is 6.08 Å². The van der Waals surface area contributed by atoms with Crippen LogP contribution in [0.5, 0.6) is 5.75 Å². The van der Waals surface area contributed by atoms with Crippen molar-refractivity contribution in [2.45, 2.75) is 6.92 Å². The van der Waals surface area contributed by atoms with E-state index in [9.17, 15) is 4.79 Å². The predicted octanol–water partition coefficient (Wildman–Crippen LogP) is 2.28. The average Bonchev–Trinajstić information content (AvgIpc) is 2.92. The van der Waals surface area contributed by atoms with Crippen LogP contribution in [0.1, 0.15) is 11.1 Å². The summed E-state index contributed by atoms with van der Waals surface area (Å²) in [4.78, 5) is 13.6. The van der Waals surface area contributed by atoms with Crippen LogP contribution in [0.4, 0.5) is 0 Å². The summed E-state index contributed by atoms with van der Waals surface area (Å²) in [5.74, 6) is 0.758. The van der Waals surface area contributed by atoms with E-state index >= 15 is 0 Å². The number of nitrogens with zero attached hydrogens (tertiary/aromatic N) is 3. The summed E-state index contributed by atoms with van der Waals surface area (Å²) < 4.78 is 7.31. The van der Waals surface area contributed by atoms with Gasteiger partial charge in [-0.05, 0) is 25.1 Å². The lowest BCUT2D eigenvalue weighted by Gasteiger charge is -2.15. The molecule has 0 fully saturated rings. The van der Waals surface area contributed by atoms with Gasteiger partial charge in [-0.15, -0.1) is 0 Å². The average molecular weight is 299 g/mol. The Morgan fingerprint density at radius 1 is 1.36 bits per heavy atom. The van der Waals surface area contributed by atoms with Crippen molar-refractivity contribution in [3.63, 3.8) is 0 Å². The first-order chi connectivity index (χ1) is 10.5. The lowest BCUT2D eigenvalue weighted by Crippen LogP contribution is -2.29. The molecule has 1 heterocycles. The molecule has 1 amide bonds. The molecule has 0 bridgehead atoms. The Balaban J connectivity index is 1.76. The summed E-state index contributed by atoms with van der Waals surface area (Å²) in [5, 5.41) is 4.05. The lowest BCUT2D eigenvalue weighted by atomic mass is 10.2. The lowest BCUT2D eigenvalue weighted by molar-refractivity contribution is -0.125. The molecule has 2 rings (SSSR count). The second kappa shape index (κ2) is 7.45. The van der Waals surface area contributed by atoms with Crippen LogP contribution in [-0.4, -0.2) is 40.8 Å². The highest BCUT2D eigenvalue weighted by Gasteiger charge is 2.05. The SMILES string of the molecule is Cc1ccc(OCCN(C)C(=O)C=Cc2cnn(C)c2)cc1. The summed E-state index contributed by atoms with van der Waals surface area (Å²) in [7, 11) is 3.60. The third-order valence-electron chi connectivity index (χ3n) is 3.24. The van der Waals surface area contributed by atoms with Gasteiger partial charge < -0.3 is 9.64 Å². The molecule has 0 saturated carbocycles. The number of benzene rings is 1. The number of aryl methyl sites for hydroxylation is 2. The molecule has 0 aliphatic heterocycles. The molecule has 0 spiro atoms. The number of aromatic nitrogens is 2. The second-order valence-electron chi connectivity index (χ2n) is 5.20. The number of carbonyl (C=O) groups is 1. The van der Waals surface area contributed by atoms with Gasteiger partial charge in [0.05, 0.1) is 12.7 Å². The van der Waals surface area contributed by atoms with Crippen LogP contribution in [0.2, 0.25) is 0 Å². The summed E-state index contributed by atoms with van der Waals surface area (Å²) >= 11 is 0. The maximum Gasteiger partial charge on any atom is 0.246 e. The maximum atomic E-state index is 12.0. The van der Waals surface area contributed by atoms with Crippen molar-refractivity contribution in [2.75, 3.05) is 20.2 Å². The van der Waals surface area contributed by atoms with E-state index in [2.05, 4.69) is 5.10 Å². The molecule has 0 unspecified atom stereocenters. The van der Waals surface area contributed by atoms with Crippen molar-refractivity contribution < 1.29 is 9.53 Å². The molecule has 0 atom stereocenters. The highest BCUT2D eigenvalue weighted by atomic mass is 16.5. The van der Waals surface area contributed by atoms with Crippen molar-refractivity contribution in [3.8, 4) is 5.75 Å². The minimum Gasteiger partial charge on any atom is -0.492 e. The van der Waals surface area contributed by atoms with E-state index in [0.717, 1.165) is 11.3 Å².